The predicted octanol–water partition coefficient (Wildman–Crippen LogP) is 3.27. The molecule has 6 heteroatoms. The molecule has 2 saturated heterocycles. The Hall–Kier alpha value is -1.53. The second-order valence-electron chi connectivity index (χ2n) is 12.4. The van der Waals surface area contributed by atoms with Crippen molar-refractivity contribution >= 4 is 17.5 Å². The molecular weight excluding hydrogens is 408 g/mol. The minimum absolute atomic E-state index is 0.0364. The predicted molar refractivity (Wildman–Crippen MR) is 114 cm³/mol. The molecule has 0 N–H and O–H groups in total. The van der Waals surface area contributed by atoms with E-state index in [2.05, 4.69) is 20.8 Å². The van der Waals surface area contributed by atoms with Crippen LogP contribution in [0, 0.1) is 39.4 Å². The first-order valence-electron chi connectivity index (χ1n) is 12.2. The monoisotopic (exact) mass is 442 g/mol. The number of hydrogen-bond acceptors (Lipinski definition) is 6. The van der Waals surface area contributed by atoms with E-state index in [0.717, 1.165) is 24.8 Å². The number of Topliss-reactive ketones (excluding diaryl/α,β-unsaturated/α-hetero) is 2. The number of epoxide rings is 1. The maximum absolute atomic E-state index is 14.0. The summed E-state index contributed by atoms with van der Waals surface area (Å²) in [5, 5.41) is 0. The van der Waals surface area contributed by atoms with Crippen LogP contribution in [0.4, 0.5) is 0 Å². The van der Waals surface area contributed by atoms with E-state index in [1.165, 1.54) is 0 Å². The number of carbonyl (C=O) groups excluding carboxylic acids is 3. The highest BCUT2D eigenvalue weighted by Gasteiger charge is 2.77. The van der Waals surface area contributed by atoms with Crippen LogP contribution in [0.5, 0.6) is 0 Å². The van der Waals surface area contributed by atoms with E-state index in [4.69, 9.17) is 14.2 Å². The van der Waals surface area contributed by atoms with Gasteiger partial charge in [0.2, 0.25) is 0 Å². The number of fused-ring (bicyclic) bond motifs is 7. The molecule has 0 aromatic heterocycles. The van der Waals surface area contributed by atoms with Crippen molar-refractivity contribution in [2.24, 2.45) is 39.4 Å². The van der Waals surface area contributed by atoms with Crippen LogP contribution in [0.15, 0.2) is 11.6 Å². The third-order valence-corrected chi connectivity index (χ3v) is 10.7. The third kappa shape index (κ3) is 2.26. The van der Waals surface area contributed by atoms with Crippen LogP contribution in [0.25, 0.3) is 0 Å². The zero-order chi connectivity index (χ0) is 22.8. The number of ether oxygens (including phenoxy) is 3. The maximum Gasteiger partial charge on any atom is 0.331 e. The van der Waals surface area contributed by atoms with Gasteiger partial charge >= 0.3 is 5.97 Å². The van der Waals surface area contributed by atoms with Gasteiger partial charge in [0.05, 0.1) is 18.1 Å². The van der Waals surface area contributed by atoms with E-state index < -0.39 is 10.8 Å². The topological polar surface area (TPSA) is 82.2 Å². The van der Waals surface area contributed by atoms with Gasteiger partial charge in [-0.05, 0) is 43.6 Å². The van der Waals surface area contributed by atoms with Gasteiger partial charge < -0.3 is 14.2 Å². The first-order valence-corrected chi connectivity index (χ1v) is 12.2. The van der Waals surface area contributed by atoms with Gasteiger partial charge in [-0.15, -0.1) is 0 Å². The highest BCUT2D eigenvalue weighted by Crippen LogP contribution is 2.73. The molecule has 0 aromatic rings. The molecule has 3 saturated carbocycles. The minimum Gasteiger partial charge on any atom is -0.458 e. The molecule has 6 nitrogen and oxygen atoms in total. The SMILES string of the molecule is CC1(C)C(=O)[C@@H]2O[C@@H]2[C@@]2(C)C1CC(=O)[C@@]1(C)C3=CC(=O)O[C@@H]([C@H]4CCOC4)[C@]3(C)CCC12. The highest BCUT2D eigenvalue weighted by atomic mass is 16.6. The zero-order valence-corrected chi connectivity index (χ0v) is 19.7. The smallest absolute Gasteiger partial charge is 0.331 e. The summed E-state index contributed by atoms with van der Waals surface area (Å²) in [7, 11) is 0. The normalized spacial score (nSPS) is 53.4. The van der Waals surface area contributed by atoms with Crippen LogP contribution in [0.3, 0.4) is 0 Å². The van der Waals surface area contributed by atoms with Crippen molar-refractivity contribution in [3.63, 3.8) is 0 Å². The van der Waals surface area contributed by atoms with E-state index in [0.29, 0.717) is 19.6 Å². The van der Waals surface area contributed by atoms with E-state index >= 15 is 0 Å². The lowest BCUT2D eigenvalue weighted by Gasteiger charge is -2.65. The van der Waals surface area contributed by atoms with Gasteiger partial charge in [-0.1, -0.05) is 27.7 Å². The molecule has 3 aliphatic heterocycles. The van der Waals surface area contributed by atoms with E-state index in [-0.39, 0.29) is 64.4 Å². The lowest BCUT2D eigenvalue weighted by molar-refractivity contribution is -0.179. The van der Waals surface area contributed by atoms with Gasteiger partial charge in [-0.3, -0.25) is 9.59 Å². The molecule has 9 atom stereocenters. The van der Waals surface area contributed by atoms with Crippen LogP contribution in [0.2, 0.25) is 0 Å². The van der Waals surface area contributed by atoms with Crippen molar-refractivity contribution in [2.45, 2.75) is 78.6 Å². The quantitative estimate of drug-likeness (QED) is 0.458. The Kier molecular flexibility index (Phi) is 4.02. The van der Waals surface area contributed by atoms with Crippen LogP contribution in [-0.4, -0.2) is 49.1 Å². The van der Waals surface area contributed by atoms with Gasteiger partial charge in [0.25, 0.3) is 0 Å². The highest BCUT2D eigenvalue weighted by molar-refractivity contribution is 5.97. The summed E-state index contributed by atoms with van der Waals surface area (Å²) in [5.41, 5.74) is -1.04. The summed E-state index contributed by atoms with van der Waals surface area (Å²) in [6.07, 6.45) is 3.86. The minimum atomic E-state index is -0.748. The van der Waals surface area contributed by atoms with Crippen molar-refractivity contribution in [3.05, 3.63) is 11.6 Å². The molecule has 0 bridgehead atoms. The summed E-state index contributed by atoms with van der Waals surface area (Å²) < 4.78 is 17.6. The average molecular weight is 443 g/mol. The number of esters is 1. The standard InChI is InChI=1S/C26H34O6/c1-23(2)15-10-17(27)25(4)14(26(15,5)22-19(32-22)20(23)29)6-8-24(3)16(25)11-18(28)31-21(24)13-7-9-30-12-13/h11,13-15,19,21-22H,6-10,12H2,1-5H3/t13-,14?,15?,19-,21-,22-,24+,25+,26+/m0/s1. The van der Waals surface area contributed by atoms with Gasteiger partial charge in [-0.25, -0.2) is 4.79 Å². The molecule has 3 aliphatic carbocycles. The van der Waals surface area contributed by atoms with E-state index in [9.17, 15) is 14.4 Å². The number of ketones is 2. The summed E-state index contributed by atoms with van der Waals surface area (Å²) in [6.45, 7) is 11.8. The zero-order valence-electron chi connectivity index (χ0n) is 19.7. The Morgan fingerprint density at radius 1 is 0.969 bits per heavy atom. The molecule has 6 aliphatic rings. The molecule has 32 heavy (non-hydrogen) atoms. The molecular formula is C26H34O6. The van der Waals surface area contributed by atoms with E-state index in [1.54, 1.807) is 6.08 Å². The van der Waals surface area contributed by atoms with Crippen molar-refractivity contribution in [1.29, 1.82) is 0 Å². The lowest BCUT2D eigenvalue weighted by Crippen LogP contribution is -2.67. The van der Waals surface area contributed by atoms with Crippen molar-refractivity contribution in [2.75, 3.05) is 13.2 Å². The fraction of sp³-hybridized carbons (Fsp3) is 0.808. The first-order chi connectivity index (χ1) is 15.0. The molecule has 0 radical (unpaired) electrons. The largest absolute Gasteiger partial charge is 0.458 e. The summed E-state index contributed by atoms with van der Waals surface area (Å²) in [5.74, 6) is 0.126. The van der Waals surface area contributed by atoms with Crippen molar-refractivity contribution in [3.8, 4) is 0 Å². The number of cyclic esters (lactones) is 1. The Balaban J connectivity index is 1.47. The average Bonchev–Trinajstić information content (AvgIpc) is 3.37. The van der Waals surface area contributed by atoms with Gasteiger partial charge in [0, 0.05) is 41.3 Å². The van der Waals surface area contributed by atoms with Crippen LogP contribution in [0.1, 0.15) is 60.3 Å². The fourth-order valence-corrected chi connectivity index (χ4v) is 8.96. The molecule has 0 aromatic carbocycles. The molecule has 3 heterocycles. The molecule has 174 valence electrons. The summed E-state index contributed by atoms with van der Waals surface area (Å²) in [4.78, 5) is 39.9. The van der Waals surface area contributed by atoms with Crippen LogP contribution in [-0.2, 0) is 28.6 Å². The first kappa shape index (κ1) is 21.0. The molecule has 0 amide bonds. The molecule has 0 spiro atoms. The van der Waals surface area contributed by atoms with Crippen molar-refractivity contribution in [1.82, 2.24) is 0 Å². The van der Waals surface area contributed by atoms with Gasteiger partial charge in [0.1, 0.15) is 18.0 Å². The lowest BCUT2D eigenvalue weighted by atomic mass is 9.37. The summed E-state index contributed by atoms with van der Waals surface area (Å²) >= 11 is 0. The van der Waals surface area contributed by atoms with E-state index in [1.807, 2.05) is 13.8 Å². The van der Waals surface area contributed by atoms with Crippen LogP contribution >= 0.6 is 0 Å². The Labute approximate surface area is 189 Å². The summed E-state index contributed by atoms with van der Waals surface area (Å²) in [6, 6.07) is 0. The van der Waals surface area contributed by atoms with Crippen molar-refractivity contribution < 1.29 is 28.6 Å². The Bertz CT molecular complexity index is 959. The van der Waals surface area contributed by atoms with Gasteiger partial charge in [0.15, 0.2) is 5.78 Å². The maximum atomic E-state index is 14.0. The molecule has 6 rings (SSSR count). The molecule has 2 unspecified atom stereocenters. The van der Waals surface area contributed by atoms with Gasteiger partial charge in [-0.2, -0.15) is 0 Å². The number of carbonyl (C=O) groups is 3. The molecule has 5 fully saturated rings. The second kappa shape index (κ2) is 6.12. The number of hydrogen-bond donors (Lipinski definition) is 0. The Morgan fingerprint density at radius 3 is 2.41 bits per heavy atom. The number of rotatable bonds is 1. The Morgan fingerprint density at radius 2 is 1.72 bits per heavy atom. The third-order valence-electron chi connectivity index (χ3n) is 10.7. The second-order valence-corrected chi connectivity index (χ2v) is 12.4. The van der Waals surface area contributed by atoms with Crippen LogP contribution < -0.4 is 0 Å². The fourth-order valence-electron chi connectivity index (χ4n) is 8.96.